The topological polar surface area (TPSA) is 87.7 Å². The van der Waals surface area contributed by atoms with Crippen molar-refractivity contribution in [1.82, 2.24) is 10.2 Å². The van der Waals surface area contributed by atoms with E-state index in [1.165, 1.54) is 0 Å². The molecule has 1 saturated carbocycles. The first kappa shape index (κ1) is 31.5. The van der Waals surface area contributed by atoms with Gasteiger partial charge in [0, 0.05) is 11.7 Å². The highest BCUT2D eigenvalue weighted by atomic mass is 32.2. The molecule has 2 unspecified atom stereocenters. The van der Waals surface area contributed by atoms with Crippen molar-refractivity contribution in [2.75, 3.05) is 17.3 Å². The molecule has 1 fully saturated rings. The van der Waals surface area contributed by atoms with Gasteiger partial charge in [-0.1, -0.05) is 36.4 Å². The minimum atomic E-state index is -0.853. The molecule has 0 aliphatic heterocycles. The SMILES string of the molecule is CSCCC(NC(=O)OC(C)(C)C)C(=O)N(C1CCC1)C(C(=O)Nc1c(C)cccc1C)c1ccc(C)c(C)c1. The number of carbonyl (C=O) groups excluding carboxylic acids is 3. The van der Waals surface area contributed by atoms with Crippen LogP contribution in [0.25, 0.3) is 0 Å². The standard InChI is InChI=1S/C32H45N3O4S/c1-20-15-16-24(19-23(20)4)28(29(36)34-27-21(2)11-9-12-22(27)3)35(25-13-10-14-25)30(37)26(17-18-40-8)33-31(38)39-32(5,6)7/h9,11-12,15-16,19,25-26,28H,10,13-14,17-18H2,1-8H3,(H,33,38)(H,34,36). The third kappa shape index (κ3) is 8.03. The maximum absolute atomic E-state index is 14.4. The Bertz CT molecular complexity index is 1200. The Morgan fingerprint density at radius 1 is 1.00 bits per heavy atom. The maximum atomic E-state index is 14.4. The van der Waals surface area contributed by atoms with Crippen molar-refractivity contribution < 1.29 is 19.1 Å². The van der Waals surface area contributed by atoms with E-state index in [1.807, 2.05) is 70.3 Å². The van der Waals surface area contributed by atoms with Gasteiger partial charge in [0.2, 0.25) is 5.91 Å². The summed E-state index contributed by atoms with van der Waals surface area (Å²) < 4.78 is 5.50. The van der Waals surface area contributed by atoms with Crippen LogP contribution in [0.3, 0.4) is 0 Å². The fraction of sp³-hybridized carbons (Fsp3) is 0.531. The Morgan fingerprint density at radius 2 is 1.65 bits per heavy atom. The van der Waals surface area contributed by atoms with Gasteiger partial charge in [-0.2, -0.15) is 11.8 Å². The highest BCUT2D eigenvalue weighted by molar-refractivity contribution is 7.98. The zero-order valence-electron chi connectivity index (χ0n) is 25.2. The van der Waals surface area contributed by atoms with Crippen LogP contribution in [0, 0.1) is 27.7 Å². The average molecular weight is 568 g/mol. The van der Waals surface area contributed by atoms with Gasteiger partial charge < -0.3 is 20.3 Å². The summed E-state index contributed by atoms with van der Waals surface area (Å²) >= 11 is 1.60. The van der Waals surface area contributed by atoms with Gasteiger partial charge >= 0.3 is 6.09 Å². The van der Waals surface area contributed by atoms with Crippen molar-refractivity contribution in [2.45, 2.75) is 97.9 Å². The summed E-state index contributed by atoms with van der Waals surface area (Å²) in [6, 6.07) is 10.1. The van der Waals surface area contributed by atoms with Crippen LogP contribution < -0.4 is 10.6 Å². The first-order valence-corrected chi connectivity index (χ1v) is 15.5. The number of aryl methyl sites for hydroxylation is 4. The van der Waals surface area contributed by atoms with Crippen LogP contribution in [0.15, 0.2) is 36.4 Å². The number of carbonyl (C=O) groups is 3. The van der Waals surface area contributed by atoms with Gasteiger partial charge in [-0.05, 0) is 114 Å². The van der Waals surface area contributed by atoms with Crippen molar-refractivity contribution in [3.8, 4) is 0 Å². The molecule has 0 spiro atoms. The molecule has 0 saturated heterocycles. The number of para-hydroxylation sites is 1. The number of ether oxygens (including phenoxy) is 1. The van der Waals surface area contributed by atoms with Crippen molar-refractivity contribution in [1.29, 1.82) is 0 Å². The lowest BCUT2D eigenvalue weighted by molar-refractivity contribution is -0.145. The Balaban J connectivity index is 2.06. The van der Waals surface area contributed by atoms with Gasteiger partial charge in [0.15, 0.2) is 0 Å². The smallest absolute Gasteiger partial charge is 0.408 e. The molecule has 0 heterocycles. The van der Waals surface area contributed by atoms with Crippen LogP contribution in [0.1, 0.15) is 80.3 Å². The second-order valence-corrected chi connectivity index (χ2v) is 12.8. The number of hydrogen-bond donors (Lipinski definition) is 2. The summed E-state index contributed by atoms with van der Waals surface area (Å²) in [5.41, 5.74) is 4.90. The summed E-state index contributed by atoms with van der Waals surface area (Å²) in [4.78, 5) is 43.2. The molecule has 1 aliphatic rings. The number of alkyl carbamates (subject to hydrolysis) is 1. The Kier molecular flexibility index (Phi) is 10.7. The van der Waals surface area contributed by atoms with Gasteiger partial charge in [-0.15, -0.1) is 0 Å². The normalized spacial score (nSPS) is 15.0. The number of benzene rings is 2. The number of thioether (sulfide) groups is 1. The molecule has 2 atom stereocenters. The van der Waals surface area contributed by atoms with Crippen LogP contribution in [0.4, 0.5) is 10.5 Å². The van der Waals surface area contributed by atoms with E-state index in [0.29, 0.717) is 12.2 Å². The van der Waals surface area contributed by atoms with Crippen molar-refractivity contribution >= 4 is 35.4 Å². The maximum Gasteiger partial charge on any atom is 0.408 e. The molecule has 2 aromatic rings. The third-order valence-corrected chi connectivity index (χ3v) is 8.07. The summed E-state index contributed by atoms with van der Waals surface area (Å²) in [6.07, 6.45) is 4.37. The molecule has 0 bridgehead atoms. The summed E-state index contributed by atoms with van der Waals surface area (Å²) in [6.45, 7) is 13.3. The van der Waals surface area contributed by atoms with E-state index in [4.69, 9.17) is 4.74 Å². The molecule has 0 aromatic heterocycles. The number of anilines is 1. The van der Waals surface area contributed by atoms with Crippen molar-refractivity contribution in [3.05, 3.63) is 64.2 Å². The van der Waals surface area contributed by atoms with E-state index in [9.17, 15) is 14.4 Å². The lowest BCUT2D eigenvalue weighted by Gasteiger charge is -2.43. The third-order valence-electron chi connectivity index (χ3n) is 7.42. The Morgan fingerprint density at radius 3 is 2.17 bits per heavy atom. The highest BCUT2D eigenvalue weighted by Crippen LogP contribution is 2.35. The van der Waals surface area contributed by atoms with E-state index in [2.05, 4.69) is 10.6 Å². The van der Waals surface area contributed by atoms with Gasteiger partial charge in [0.1, 0.15) is 17.7 Å². The lowest BCUT2D eigenvalue weighted by atomic mass is 9.87. The van der Waals surface area contributed by atoms with E-state index in [1.54, 1.807) is 37.4 Å². The van der Waals surface area contributed by atoms with Gasteiger partial charge in [-0.3, -0.25) is 9.59 Å². The van der Waals surface area contributed by atoms with E-state index in [0.717, 1.165) is 52.8 Å². The van der Waals surface area contributed by atoms with Gasteiger partial charge in [-0.25, -0.2) is 4.79 Å². The first-order chi connectivity index (χ1) is 18.8. The predicted octanol–water partition coefficient (Wildman–Crippen LogP) is 6.63. The fourth-order valence-electron chi connectivity index (χ4n) is 4.88. The van der Waals surface area contributed by atoms with Gasteiger partial charge in [0.05, 0.1) is 0 Å². The number of hydrogen-bond acceptors (Lipinski definition) is 5. The molecule has 2 aromatic carbocycles. The zero-order chi connectivity index (χ0) is 29.6. The fourth-order valence-corrected chi connectivity index (χ4v) is 5.35. The number of nitrogens with one attached hydrogen (secondary N) is 2. The largest absolute Gasteiger partial charge is 0.444 e. The van der Waals surface area contributed by atoms with Gasteiger partial charge in [0.25, 0.3) is 5.91 Å². The molecule has 7 nitrogen and oxygen atoms in total. The van der Waals surface area contributed by atoms with Crippen LogP contribution >= 0.6 is 11.8 Å². The molecular formula is C32H45N3O4S. The lowest BCUT2D eigenvalue weighted by Crippen LogP contribution is -2.57. The zero-order valence-corrected chi connectivity index (χ0v) is 26.0. The minimum absolute atomic E-state index is 0.0972. The summed E-state index contributed by atoms with van der Waals surface area (Å²) in [5, 5.41) is 5.98. The van der Waals surface area contributed by atoms with Crippen LogP contribution in [-0.2, 0) is 14.3 Å². The quantitative estimate of drug-likeness (QED) is 0.337. The highest BCUT2D eigenvalue weighted by Gasteiger charge is 2.42. The molecular weight excluding hydrogens is 522 g/mol. The van der Waals surface area contributed by atoms with Crippen molar-refractivity contribution in [3.63, 3.8) is 0 Å². The monoisotopic (exact) mass is 567 g/mol. The molecule has 218 valence electrons. The van der Waals surface area contributed by atoms with E-state index < -0.39 is 23.8 Å². The van der Waals surface area contributed by atoms with Crippen LogP contribution in [0.2, 0.25) is 0 Å². The number of nitrogens with zero attached hydrogens (tertiary/aromatic N) is 1. The molecule has 3 rings (SSSR count). The Hall–Kier alpha value is -3.00. The number of amides is 3. The first-order valence-electron chi connectivity index (χ1n) is 14.1. The molecule has 8 heteroatoms. The molecule has 1 aliphatic carbocycles. The molecule has 40 heavy (non-hydrogen) atoms. The second-order valence-electron chi connectivity index (χ2n) is 11.8. The van der Waals surface area contributed by atoms with E-state index in [-0.39, 0.29) is 17.9 Å². The molecule has 0 radical (unpaired) electrons. The average Bonchev–Trinajstić information content (AvgIpc) is 2.83. The predicted molar refractivity (Wildman–Crippen MR) is 164 cm³/mol. The molecule has 2 N–H and O–H groups in total. The summed E-state index contributed by atoms with van der Waals surface area (Å²) in [7, 11) is 0. The summed E-state index contributed by atoms with van der Waals surface area (Å²) in [5.74, 6) is 0.152. The van der Waals surface area contributed by atoms with Crippen LogP contribution in [-0.4, -0.2) is 52.5 Å². The Labute approximate surface area is 243 Å². The molecule has 3 amide bonds. The van der Waals surface area contributed by atoms with E-state index >= 15 is 0 Å². The van der Waals surface area contributed by atoms with Crippen molar-refractivity contribution in [2.24, 2.45) is 0 Å². The minimum Gasteiger partial charge on any atom is -0.444 e. The number of rotatable bonds is 10. The second kappa shape index (κ2) is 13.6. The van der Waals surface area contributed by atoms with Crippen LogP contribution in [0.5, 0.6) is 0 Å².